The standard InChI is InChI=1S/C23H27N3O4/c1-14(11-15-7-10-21(29-2)22(12-15)30-3)24-20-6-4-5-17-18-13-16(26(27)28)8-9-19(18)25-23(17)20/h7-10,12-14,20,24-25H,4-6,11H2,1-3H3/t14-,20-/m0/s1. The number of aromatic nitrogens is 1. The minimum absolute atomic E-state index is 0.140. The maximum absolute atomic E-state index is 11.2. The smallest absolute Gasteiger partial charge is 0.270 e. The van der Waals surface area contributed by atoms with E-state index in [1.807, 2.05) is 18.2 Å². The Bertz CT molecular complexity index is 1080. The van der Waals surface area contributed by atoms with Crippen molar-refractivity contribution in [1.82, 2.24) is 10.3 Å². The number of nitro benzene ring substituents is 1. The fourth-order valence-electron chi connectivity index (χ4n) is 4.49. The topological polar surface area (TPSA) is 89.4 Å². The molecule has 1 aromatic heterocycles. The van der Waals surface area contributed by atoms with Gasteiger partial charge in [0.2, 0.25) is 0 Å². The SMILES string of the molecule is COc1ccc(C[C@H](C)N[C@H]2CCCc3c2[nH]c2ccc([N+](=O)[O-])cc32)cc1OC. The molecule has 0 aliphatic heterocycles. The number of rotatable bonds is 7. The highest BCUT2D eigenvalue weighted by Gasteiger charge is 2.26. The van der Waals surface area contributed by atoms with Gasteiger partial charge in [-0.3, -0.25) is 10.1 Å². The number of non-ortho nitro benzene ring substituents is 1. The van der Waals surface area contributed by atoms with E-state index in [4.69, 9.17) is 9.47 Å². The fourth-order valence-corrected chi connectivity index (χ4v) is 4.49. The van der Waals surface area contributed by atoms with Crippen LogP contribution in [0.2, 0.25) is 0 Å². The van der Waals surface area contributed by atoms with Crippen LogP contribution in [0.15, 0.2) is 36.4 Å². The number of hydrogen-bond acceptors (Lipinski definition) is 5. The summed E-state index contributed by atoms with van der Waals surface area (Å²) in [5.74, 6) is 1.46. The molecule has 0 fully saturated rings. The Labute approximate surface area is 175 Å². The predicted molar refractivity (Wildman–Crippen MR) is 116 cm³/mol. The van der Waals surface area contributed by atoms with Gasteiger partial charge in [0.15, 0.2) is 11.5 Å². The van der Waals surface area contributed by atoms with Crippen LogP contribution in [0, 0.1) is 10.1 Å². The summed E-state index contributed by atoms with van der Waals surface area (Å²) in [6, 6.07) is 11.5. The van der Waals surface area contributed by atoms with Crippen molar-refractivity contribution in [2.24, 2.45) is 0 Å². The number of nitrogens with zero attached hydrogens (tertiary/aromatic N) is 1. The van der Waals surface area contributed by atoms with Gasteiger partial charge in [0.05, 0.1) is 19.1 Å². The van der Waals surface area contributed by atoms with Gasteiger partial charge in [-0.15, -0.1) is 0 Å². The molecule has 0 bridgehead atoms. The molecule has 158 valence electrons. The van der Waals surface area contributed by atoms with E-state index in [9.17, 15) is 10.1 Å². The van der Waals surface area contributed by atoms with Crippen molar-refractivity contribution in [2.75, 3.05) is 14.2 Å². The fraction of sp³-hybridized carbons (Fsp3) is 0.391. The summed E-state index contributed by atoms with van der Waals surface area (Å²) in [6.07, 6.45) is 3.90. The Morgan fingerprint density at radius 1 is 1.20 bits per heavy atom. The van der Waals surface area contributed by atoms with Crippen molar-refractivity contribution >= 4 is 16.6 Å². The summed E-state index contributed by atoms with van der Waals surface area (Å²) in [6.45, 7) is 2.18. The van der Waals surface area contributed by atoms with Gasteiger partial charge < -0.3 is 19.8 Å². The predicted octanol–water partition coefficient (Wildman–Crippen LogP) is 4.69. The number of benzene rings is 2. The van der Waals surface area contributed by atoms with Crippen LogP contribution in [0.5, 0.6) is 11.5 Å². The third-order valence-corrected chi connectivity index (χ3v) is 5.88. The molecule has 0 saturated carbocycles. The average Bonchev–Trinajstić information content (AvgIpc) is 3.12. The third-order valence-electron chi connectivity index (χ3n) is 5.88. The van der Waals surface area contributed by atoms with E-state index in [1.54, 1.807) is 26.4 Å². The number of H-pyrrole nitrogens is 1. The van der Waals surface area contributed by atoms with E-state index in [0.717, 1.165) is 53.8 Å². The largest absolute Gasteiger partial charge is 0.493 e. The van der Waals surface area contributed by atoms with Gasteiger partial charge in [-0.25, -0.2) is 0 Å². The molecule has 1 heterocycles. The maximum atomic E-state index is 11.2. The highest BCUT2D eigenvalue weighted by atomic mass is 16.6. The number of methoxy groups -OCH3 is 2. The quantitative estimate of drug-likeness (QED) is 0.436. The second-order valence-corrected chi connectivity index (χ2v) is 7.91. The van der Waals surface area contributed by atoms with Crippen LogP contribution in [-0.2, 0) is 12.8 Å². The van der Waals surface area contributed by atoms with Crippen LogP contribution in [0.3, 0.4) is 0 Å². The van der Waals surface area contributed by atoms with Crippen LogP contribution in [0.1, 0.15) is 42.6 Å². The summed E-state index contributed by atoms with van der Waals surface area (Å²) in [5, 5.41) is 15.9. The van der Waals surface area contributed by atoms with Gasteiger partial charge in [0.1, 0.15) is 0 Å². The van der Waals surface area contributed by atoms with Gasteiger partial charge in [0, 0.05) is 40.8 Å². The highest BCUT2D eigenvalue weighted by Crippen LogP contribution is 2.36. The molecule has 0 saturated heterocycles. The zero-order valence-electron chi connectivity index (χ0n) is 17.5. The minimum Gasteiger partial charge on any atom is -0.493 e. The molecule has 3 aromatic rings. The third kappa shape index (κ3) is 3.85. The summed E-state index contributed by atoms with van der Waals surface area (Å²) < 4.78 is 10.7. The molecule has 2 aromatic carbocycles. The number of fused-ring (bicyclic) bond motifs is 3. The molecule has 0 spiro atoms. The van der Waals surface area contributed by atoms with Crippen molar-refractivity contribution in [3.63, 3.8) is 0 Å². The molecule has 0 unspecified atom stereocenters. The molecule has 2 atom stereocenters. The second kappa shape index (κ2) is 8.36. The molecule has 7 nitrogen and oxygen atoms in total. The molecule has 1 aliphatic rings. The molecular formula is C23H27N3O4. The van der Waals surface area contributed by atoms with Crippen molar-refractivity contribution in [3.05, 3.63) is 63.3 Å². The zero-order chi connectivity index (χ0) is 21.3. The van der Waals surface area contributed by atoms with Crippen molar-refractivity contribution in [3.8, 4) is 11.5 Å². The maximum Gasteiger partial charge on any atom is 0.270 e. The van der Waals surface area contributed by atoms with Gasteiger partial charge in [-0.2, -0.15) is 0 Å². The summed E-state index contributed by atoms with van der Waals surface area (Å²) in [5.41, 5.74) is 4.65. The minimum atomic E-state index is -0.331. The Morgan fingerprint density at radius 3 is 2.73 bits per heavy atom. The Morgan fingerprint density at radius 2 is 2.00 bits per heavy atom. The lowest BCUT2D eigenvalue weighted by molar-refractivity contribution is -0.384. The Kier molecular flexibility index (Phi) is 5.63. The van der Waals surface area contributed by atoms with E-state index >= 15 is 0 Å². The Hall–Kier alpha value is -3.06. The van der Waals surface area contributed by atoms with Gasteiger partial charge in [0.25, 0.3) is 5.69 Å². The molecule has 0 radical (unpaired) electrons. The first kappa shape index (κ1) is 20.2. The number of hydrogen-bond donors (Lipinski definition) is 2. The Balaban J connectivity index is 1.53. The number of ether oxygens (including phenoxy) is 2. The number of aromatic amines is 1. The lowest BCUT2D eigenvalue weighted by Crippen LogP contribution is -2.34. The summed E-state index contributed by atoms with van der Waals surface area (Å²) in [7, 11) is 3.28. The average molecular weight is 409 g/mol. The molecule has 30 heavy (non-hydrogen) atoms. The summed E-state index contributed by atoms with van der Waals surface area (Å²) in [4.78, 5) is 14.4. The van der Waals surface area contributed by atoms with Crippen LogP contribution >= 0.6 is 0 Å². The monoisotopic (exact) mass is 409 g/mol. The molecule has 0 amide bonds. The first-order chi connectivity index (χ1) is 14.5. The van der Waals surface area contributed by atoms with Crippen molar-refractivity contribution < 1.29 is 14.4 Å². The first-order valence-electron chi connectivity index (χ1n) is 10.3. The van der Waals surface area contributed by atoms with E-state index in [-0.39, 0.29) is 22.7 Å². The normalized spacial score (nSPS) is 16.8. The number of nitrogens with one attached hydrogen (secondary N) is 2. The lowest BCUT2D eigenvalue weighted by atomic mass is 9.91. The lowest BCUT2D eigenvalue weighted by Gasteiger charge is -2.27. The molecule has 2 N–H and O–H groups in total. The van der Waals surface area contributed by atoms with Crippen molar-refractivity contribution in [1.29, 1.82) is 0 Å². The van der Waals surface area contributed by atoms with Crippen molar-refractivity contribution in [2.45, 2.75) is 44.7 Å². The van der Waals surface area contributed by atoms with Crippen LogP contribution in [-0.4, -0.2) is 30.2 Å². The van der Waals surface area contributed by atoms with Crippen LogP contribution in [0.25, 0.3) is 10.9 Å². The van der Waals surface area contributed by atoms with Gasteiger partial charge in [-0.1, -0.05) is 6.07 Å². The summed E-state index contributed by atoms with van der Waals surface area (Å²) >= 11 is 0. The molecule has 7 heteroatoms. The van der Waals surface area contributed by atoms with E-state index in [1.165, 1.54) is 11.1 Å². The first-order valence-corrected chi connectivity index (χ1v) is 10.3. The molecule has 4 rings (SSSR count). The van der Waals surface area contributed by atoms with E-state index in [2.05, 4.69) is 23.3 Å². The van der Waals surface area contributed by atoms with Gasteiger partial charge in [-0.05, 0) is 61.9 Å². The molecular weight excluding hydrogens is 382 g/mol. The van der Waals surface area contributed by atoms with Crippen LogP contribution in [0.4, 0.5) is 5.69 Å². The zero-order valence-corrected chi connectivity index (χ0v) is 17.5. The van der Waals surface area contributed by atoms with Gasteiger partial charge >= 0.3 is 0 Å². The van der Waals surface area contributed by atoms with E-state index in [0.29, 0.717) is 0 Å². The number of nitro groups is 1. The second-order valence-electron chi connectivity index (χ2n) is 7.91. The van der Waals surface area contributed by atoms with E-state index < -0.39 is 0 Å². The highest BCUT2D eigenvalue weighted by molar-refractivity contribution is 5.87. The number of aryl methyl sites for hydroxylation is 1. The van der Waals surface area contributed by atoms with Crippen LogP contribution < -0.4 is 14.8 Å². The molecule has 1 aliphatic carbocycles.